The Bertz CT molecular complexity index is 1110. The summed E-state index contributed by atoms with van der Waals surface area (Å²) in [7, 11) is 0. The molecule has 168 valence electrons. The molecule has 33 heavy (non-hydrogen) atoms. The van der Waals surface area contributed by atoms with E-state index in [1.165, 1.54) is 24.0 Å². The molecule has 6 nitrogen and oxygen atoms in total. The zero-order valence-corrected chi connectivity index (χ0v) is 18.9. The third kappa shape index (κ3) is 5.34. The van der Waals surface area contributed by atoms with Gasteiger partial charge in [-0.3, -0.25) is 9.88 Å². The number of likely N-dealkylation sites (tertiary alicyclic amines) is 1. The maximum atomic E-state index is 4.71. The molecule has 4 aromatic rings. The number of piperidine rings is 1. The van der Waals surface area contributed by atoms with Crippen LogP contribution >= 0.6 is 0 Å². The Morgan fingerprint density at radius 3 is 2.21 bits per heavy atom. The molecule has 1 saturated heterocycles. The molecule has 1 aliphatic rings. The molecule has 2 aromatic carbocycles. The van der Waals surface area contributed by atoms with Crippen molar-refractivity contribution in [3.05, 3.63) is 108 Å². The van der Waals surface area contributed by atoms with Gasteiger partial charge in [-0.1, -0.05) is 66.7 Å². The van der Waals surface area contributed by atoms with Crippen molar-refractivity contribution >= 4 is 0 Å². The Labute approximate surface area is 195 Å². The first-order chi connectivity index (χ1) is 16.4. The van der Waals surface area contributed by atoms with E-state index in [9.17, 15) is 0 Å². The van der Waals surface area contributed by atoms with E-state index in [0.29, 0.717) is 5.92 Å². The zero-order valence-electron chi connectivity index (χ0n) is 18.9. The maximum absolute atomic E-state index is 4.71. The van der Waals surface area contributed by atoms with E-state index < -0.39 is 0 Å². The second kappa shape index (κ2) is 10.5. The lowest BCUT2D eigenvalue weighted by Gasteiger charge is -2.36. The normalized spacial score (nSPS) is 16.0. The maximum Gasteiger partial charge on any atom is 0.174 e. The largest absolute Gasteiger partial charge is 0.288 e. The summed E-state index contributed by atoms with van der Waals surface area (Å²) in [5, 5.41) is 12.9. The van der Waals surface area contributed by atoms with Gasteiger partial charge in [0.2, 0.25) is 0 Å². The van der Waals surface area contributed by atoms with Crippen LogP contribution in [0.15, 0.2) is 85.1 Å². The lowest BCUT2D eigenvalue weighted by Crippen LogP contribution is -2.39. The Morgan fingerprint density at radius 1 is 0.818 bits per heavy atom. The predicted octanol–water partition coefficient (Wildman–Crippen LogP) is 4.35. The average Bonchev–Trinajstić information content (AvgIpc) is 3.34. The van der Waals surface area contributed by atoms with Gasteiger partial charge in [-0.05, 0) is 78.4 Å². The monoisotopic (exact) mass is 438 g/mol. The van der Waals surface area contributed by atoms with E-state index in [1.807, 2.05) is 23.0 Å². The van der Waals surface area contributed by atoms with E-state index in [1.54, 1.807) is 0 Å². The molecule has 1 fully saturated rings. The van der Waals surface area contributed by atoms with Crippen molar-refractivity contribution < 1.29 is 0 Å². The van der Waals surface area contributed by atoms with Crippen LogP contribution in [-0.4, -0.2) is 43.2 Å². The number of aryl methyl sites for hydroxylation is 2. The van der Waals surface area contributed by atoms with Crippen LogP contribution in [0.5, 0.6) is 0 Å². The topological polar surface area (TPSA) is 59.7 Å². The molecule has 0 amide bonds. The molecule has 0 aliphatic carbocycles. The lowest BCUT2D eigenvalue weighted by atomic mass is 9.89. The summed E-state index contributed by atoms with van der Waals surface area (Å²) in [6.45, 7) is 2.79. The molecule has 1 atom stereocenters. The van der Waals surface area contributed by atoms with Gasteiger partial charge < -0.3 is 0 Å². The van der Waals surface area contributed by atoms with Gasteiger partial charge in [0, 0.05) is 12.7 Å². The smallest absolute Gasteiger partial charge is 0.174 e. The second-order valence-electron chi connectivity index (χ2n) is 8.82. The second-order valence-corrected chi connectivity index (χ2v) is 8.82. The van der Waals surface area contributed by atoms with E-state index in [-0.39, 0.29) is 6.04 Å². The third-order valence-electron chi connectivity index (χ3n) is 6.61. The van der Waals surface area contributed by atoms with Gasteiger partial charge in [-0.15, -0.1) is 5.10 Å². The molecule has 0 bridgehead atoms. The van der Waals surface area contributed by atoms with Crippen LogP contribution in [-0.2, 0) is 19.4 Å². The van der Waals surface area contributed by atoms with Crippen molar-refractivity contribution in [2.75, 3.05) is 13.1 Å². The number of nitrogens with zero attached hydrogens (tertiary/aromatic N) is 6. The average molecular weight is 439 g/mol. The molecular formula is C27H30N6. The van der Waals surface area contributed by atoms with Crippen molar-refractivity contribution in [3.8, 4) is 0 Å². The number of tetrazole rings is 1. The fraction of sp³-hybridized carbons (Fsp3) is 0.333. The molecule has 1 aliphatic heterocycles. The van der Waals surface area contributed by atoms with Crippen LogP contribution in [0.25, 0.3) is 0 Å². The minimum absolute atomic E-state index is 0.0327. The summed E-state index contributed by atoms with van der Waals surface area (Å²) in [6, 6.07) is 27.4. The van der Waals surface area contributed by atoms with Crippen LogP contribution in [0.1, 0.15) is 41.5 Å². The lowest BCUT2D eigenvalue weighted by molar-refractivity contribution is 0.141. The molecular weight excluding hydrogens is 408 g/mol. The number of rotatable bonds is 8. The summed E-state index contributed by atoms with van der Waals surface area (Å²) in [6.07, 6.45) is 6.25. The van der Waals surface area contributed by atoms with Crippen molar-refractivity contribution in [1.29, 1.82) is 0 Å². The first-order valence-corrected chi connectivity index (χ1v) is 11.9. The molecule has 0 saturated carbocycles. The molecule has 2 aromatic heterocycles. The van der Waals surface area contributed by atoms with Crippen LogP contribution in [0, 0.1) is 5.92 Å². The molecule has 0 N–H and O–H groups in total. The number of benzene rings is 2. The highest BCUT2D eigenvalue weighted by Crippen LogP contribution is 2.31. The SMILES string of the molecule is c1ccc(CCn2nnnc2[C@@H](c2ccccn2)N2CCC(Cc3ccccc3)CC2)cc1. The van der Waals surface area contributed by atoms with Gasteiger partial charge in [0.15, 0.2) is 5.82 Å². The van der Waals surface area contributed by atoms with Crippen molar-refractivity contribution in [3.63, 3.8) is 0 Å². The number of hydrogen-bond acceptors (Lipinski definition) is 5. The highest BCUT2D eigenvalue weighted by Gasteiger charge is 2.32. The zero-order chi connectivity index (χ0) is 22.3. The van der Waals surface area contributed by atoms with Crippen molar-refractivity contribution in [1.82, 2.24) is 30.1 Å². The fourth-order valence-electron chi connectivity index (χ4n) is 4.83. The molecule has 0 spiro atoms. The minimum atomic E-state index is -0.0327. The summed E-state index contributed by atoms with van der Waals surface area (Å²) >= 11 is 0. The first kappa shape index (κ1) is 21.5. The molecule has 6 heteroatoms. The van der Waals surface area contributed by atoms with Gasteiger partial charge in [0.05, 0.1) is 5.69 Å². The van der Waals surface area contributed by atoms with Gasteiger partial charge in [-0.2, -0.15) is 0 Å². The van der Waals surface area contributed by atoms with Crippen LogP contribution in [0.4, 0.5) is 0 Å². The van der Waals surface area contributed by atoms with Crippen LogP contribution in [0.3, 0.4) is 0 Å². The third-order valence-corrected chi connectivity index (χ3v) is 6.61. The van der Waals surface area contributed by atoms with Crippen LogP contribution in [0.2, 0.25) is 0 Å². The summed E-state index contributed by atoms with van der Waals surface area (Å²) < 4.78 is 1.96. The van der Waals surface area contributed by atoms with E-state index >= 15 is 0 Å². The Hall–Kier alpha value is -3.38. The van der Waals surface area contributed by atoms with E-state index in [0.717, 1.165) is 44.0 Å². The quantitative estimate of drug-likeness (QED) is 0.409. The van der Waals surface area contributed by atoms with Crippen molar-refractivity contribution in [2.24, 2.45) is 5.92 Å². The molecule has 5 rings (SSSR count). The van der Waals surface area contributed by atoms with Crippen molar-refractivity contribution in [2.45, 2.75) is 38.3 Å². The number of hydrogen-bond donors (Lipinski definition) is 0. The first-order valence-electron chi connectivity index (χ1n) is 11.9. The minimum Gasteiger partial charge on any atom is -0.288 e. The van der Waals surface area contributed by atoms with Gasteiger partial charge in [-0.25, -0.2) is 4.68 Å². The fourth-order valence-corrected chi connectivity index (χ4v) is 4.83. The highest BCUT2D eigenvalue weighted by atomic mass is 15.5. The van der Waals surface area contributed by atoms with Gasteiger partial charge in [0.1, 0.15) is 6.04 Å². The summed E-state index contributed by atoms with van der Waals surface area (Å²) in [5.41, 5.74) is 3.73. The molecule has 3 heterocycles. The van der Waals surface area contributed by atoms with Gasteiger partial charge >= 0.3 is 0 Å². The molecule has 0 unspecified atom stereocenters. The Balaban J connectivity index is 1.32. The molecule has 0 radical (unpaired) electrons. The number of pyridine rings is 1. The number of aromatic nitrogens is 5. The predicted molar refractivity (Wildman–Crippen MR) is 128 cm³/mol. The van der Waals surface area contributed by atoms with E-state index in [4.69, 9.17) is 4.98 Å². The van der Waals surface area contributed by atoms with Gasteiger partial charge in [0.25, 0.3) is 0 Å². The summed E-state index contributed by atoms with van der Waals surface area (Å²) in [5.74, 6) is 1.59. The Kier molecular flexibility index (Phi) is 6.82. The summed E-state index contributed by atoms with van der Waals surface area (Å²) in [4.78, 5) is 7.21. The standard InChI is InChI=1S/C27H30N6/c1-3-9-22(10-4-1)16-20-33-27(29-30-31-33)26(25-13-7-8-17-28-25)32-18-14-24(15-19-32)21-23-11-5-2-6-12-23/h1-13,17,24,26H,14-16,18-21H2/t26-/m1/s1. The highest BCUT2D eigenvalue weighted by molar-refractivity contribution is 5.19. The van der Waals surface area contributed by atoms with Crippen LogP contribution < -0.4 is 0 Å². The Morgan fingerprint density at radius 2 is 1.52 bits per heavy atom. The van der Waals surface area contributed by atoms with E-state index in [2.05, 4.69) is 87.2 Å².